The van der Waals surface area contributed by atoms with Gasteiger partial charge < -0.3 is 14.4 Å². The Kier molecular flexibility index (Phi) is 6.72. The summed E-state index contributed by atoms with van der Waals surface area (Å²) in [5.41, 5.74) is 1.94. The van der Waals surface area contributed by atoms with Crippen molar-refractivity contribution in [3.8, 4) is 17.6 Å². The largest absolute Gasteiger partial charge is 0.490 e. The van der Waals surface area contributed by atoms with E-state index in [0.29, 0.717) is 37.8 Å². The van der Waals surface area contributed by atoms with Gasteiger partial charge in [0.15, 0.2) is 11.5 Å². The molecule has 0 radical (unpaired) electrons. The molecular weight excluding hydrogens is 400 g/mol. The molecule has 0 saturated carbocycles. The van der Waals surface area contributed by atoms with E-state index in [2.05, 4.69) is 36.4 Å². The molecule has 1 saturated heterocycles. The van der Waals surface area contributed by atoms with Crippen molar-refractivity contribution in [3.05, 3.63) is 77.4 Å². The molecule has 0 spiro atoms. The Labute approximate surface area is 188 Å². The summed E-state index contributed by atoms with van der Waals surface area (Å²) >= 11 is 0. The van der Waals surface area contributed by atoms with Crippen LogP contribution in [0, 0.1) is 11.3 Å². The highest BCUT2D eigenvalue weighted by atomic mass is 16.5. The summed E-state index contributed by atoms with van der Waals surface area (Å²) in [6.07, 6.45) is 3.60. The molecule has 0 aliphatic carbocycles. The van der Waals surface area contributed by atoms with E-state index in [1.165, 1.54) is 10.8 Å². The van der Waals surface area contributed by atoms with Crippen LogP contribution in [-0.2, 0) is 11.4 Å². The number of nitrogens with zero attached hydrogens (tertiary/aromatic N) is 2. The molecule has 5 nitrogen and oxygen atoms in total. The molecule has 0 aromatic heterocycles. The summed E-state index contributed by atoms with van der Waals surface area (Å²) < 4.78 is 11.8. The summed E-state index contributed by atoms with van der Waals surface area (Å²) in [4.78, 5) is 14.3. The first kappa shape index (κ1) is 21.5. The van der Waals surface area contributed by atoms with E-state index in [-0.39, 0.29) is 11.5 Å². The summed E-state index contributed by atoms with van der Waals surface area (Å²) in [5, 5.41) is 11.9. The molecule has 1 aliphatic heterocycles. The Morgan fingerprint density at radius 2 is 1.78 bits per heavy atom. The fourth-order valence-corrected chi connectivity index (χ4v) is 3.89. The third-order valence-corrected chi connectivity index (χ3v) is 5.53. The van der Waals surface area contributed by atoms with Gasteiger partial charge in [0.25, 0.3) is 5.91 Å². The Morgan fingerprint density at radius 1 is 1.00 bits per heavy atom. The number of carbonyl (C=O) groups excluding carboxylic acids is 1. The first-order valence-electron chi connectivity index (χ1n) is 11.0. The third kappa shape index (κ3) is 4.92. The molecule has 1 amide bonds. The number of amides is 1. The lowest BCUT2D eigenvalue weighted by molar-refractivity contribution is -0.125. The number of nitriles is 1. The molecule has 1 fully saturated rings. The Balaban J connectivity index is 1.52. The molecule has 1 aliphatic rings. The lowest BCUT2D eigenvalue weighted by Crippen LogP contribution is -2.28. The van der Waals surface area contributed by atoms with Gasteiger partial charge in [-0.05, 0) is 65.9 Å². The van der Waals surface area contributed by atoms with Crippen molar-refractivity contribution in [2.75, 3.05) is 19.7 Å². The van der Waals surface area contributed by atoms with Crippen LogP contribution in [0.15, 0.2) is 66.2 Å². The zero-order valence-electron chi connectivity index (χ0n) is 18.2. The van der Waals surface area contributed by atoms with E-state index in [0.717, 1.165) is 24.0 Å². The number of hydrogen-bond acceptors (Lipinski definition) is 4. The molecule has 4 rings (SSSR count). The average molecular weight is 427 g/mol. The minimum absolute atomic E-state index is 0.138. The molecule has 0 N–H and O–H groups in total. The second kappa shape index (κ2) is 10.0. The van der Waals surface area contributed by atoms with Crippen LogP contribution in [0.1, 0.15) is 30.9 Å². The van der Waals surface area contributed by atoms with Crippen LogP contribution in [-0.4, -0.2) is 30.5 Å². The molecule has 0 bridgehead atoms. The second-order valence-electron chi connectivity index (χ2n) is 7.78. The number of carbonyl (C=O) groups is 1. The Morgan fingerprint density at radius 3 is 2.53 bits per heavy atom. The number of likely N-dealkylation sites (tertiary alicyclic amines) is 1. The van der Waals surface area contributed by atoms with Crippen LogP contribution in [0.4, 0.5) is 0 Å². The van der Waals surface area contributed by atoms with Gasteiger partial charge in [-0.1, -0.05) is 42.5 Å². The van der Waals surface area contributed by atoms with E-state index < -0.39 is 0 Å². The minimum atomic E-state index is -0.209. The van der Waals surface area contributed by atoms with Crippen LogP contribution < -0.4 is 9.47 Å². The van der Waals surface area contributed by atoms with Gasteiger partial charge in [-0.2, -0.15) is 5.26 Å². The molecule has 1 heterocycles. The lowest BCUT2D eigenvalue weighted by Gasteiger charge is -2.15. The Hall–Kier alpha value is -3.78. The fraction of sp³-hybridized carbons (Fsp3) is 0.259. The third-order valence-electron chi connectivity index (χ3n) is 5.53. The van der Waals surface area contributed by atoms with Crippen LogP contribution in [0.5, 0.6) is 11.5 Å². The molecule has 32 heavy (non-hydrogen) atoms. The first-order valence-corrected chi connectivity index (χ1v) is 11.0. The highest BCUT2D eigenvalue weighted by Crippen LogP contribution is 2.30. The monoisotopic (exact) mass is 426 g/mol. The van der Waals surface area contributed by atoms with Crippen LogP contribution in [0.2, 0.25) is 0 Å². The molecule has 0 unspecified atom stereocenters. The predicted octanol–water partition coefficient (Wildman–Crippen LogP) is 5.35. The van der Waals surface area contributed by atoms with Crippen molar-refractivity contribution in [1.82, 2.24) is 4.90 Å². The maximum Gasteiger partial charge on any atom is 0.264 e. The number of hydrogen-bond donors (Lipinski definition) is 0. The van der Waals surface area contributed by atoms with Crippen molar-refractivity contribution in [3.63, 3.8) is 0 Å². The van der Waals surface area contributed by atoms with Crippen LogP contribution in [0.25, 0.3) is 16.8 Å². The Bertz CT molecular complexity index is 1190. The molecule has 3 aromatic rings. The summed E-state index contributed by atoms with van der Waals surface area (Å²) in [5.74, 6) is 1.01. The standard InChI is InChI=1S/C27H26N2O3/c1-2-31-26-17-20(15-24(18-28)27(30)29-13-5-6-14-29)10-12-25(26)32-19-21-9-11-22-7-3-4-8-23(22)16-21/h3-4,7-12,15-17H,2,5-6,13-14,19H2,1H3/b24-15+. The van der Waals surface area contributed by atoms with Crippen molar-refractivity contribution < 1.29 is 14.3 Å². The summed E-state index contributed by atoms with van der Waals surface area (Å²) in [6.45, 7) is 4.23. The smallest absolute Gasteiger partial charge is 0.264 e. The summed E-state index contributed by atoms with van der Waals surface area (Å²) in [7, 11) is 0. The molecule has 5 heteroatoms. The van der Waals surface area contributed by atoms with Crippen molar-refractivity contribution >= 4 is 22.8 Å². The maximum atomic E-state index is 12.6. The maximum absolute atomic E-state index is 12.6. The number of rotatable bonds is 7. The van der Waals surface area contributed by atoms with E-state index in [1.807, 2.05) is 37.3 Å². The van der Waals surface area contributed by atoms with Crippen molar-refractivity contribution in [1.29, 1.82) is 5.26 Å². The second-order valence-corrected chi connectivity index (χ2v) is 7.78. The number of ether oxygens (including phenoxy) is 2. The zero-order valence-corrected chi connectivity index (χ0v) is 18.2. The van der Waals surface area contributed by atoms with Crippen molar-refractivity contribution in [2.45, 2.75) is 26.4 Å². The van der Waals surface area contributed by atoms with Gasteiger partial charge in [0.1, 0.15) is 18.2 Å². The molecule has 3 aromatic carbocycles. The molecule has 0 atom stereocenters. The van der Waals surface area contributed by atoms with Gasteiger partial charge in [-0.3, -0.25) is 4.79 Å². The van der Waals surface area contributed by atoms with Gasteiger partial charge in [-0.25, -0.2) is 0 Å². The molecule has 162 valence electrons. The van der Waals surface area contributed by atoms with Gasteiger partial charge in [0, 0.05) is 13.1 Å². The van der Waals surface area contributed by atoms with Gasteiger partial charge in [0.2, 0.25) is 0 Å². The highest BCUT2D eigenvalue weighted by Gasteiger charge is 2.21. The topological polar surface area (TPSA) is 62.6 Å². The van der Waals surface area contributed by atoms with Crippen molar-refractivity contribution in [2.24, 2.45) is 0 Å². The fourth-order valence-electron chi connectivity index (χ4n) is 3.89. The van der Waals surface area contributed by atoms with E-state index in [4.69, 9.17) is 9.47 Å². The van der Waals surface area contributed by atoms with E-state index >= 15 is 0 Å². The first-order chi connectivity index (χ1) is 15.7. The quantitative estimate of drug-likeness (QED) is 0.378. The van der Waals surface area contributed by atoms with Gasteiger partial charge >= 0.3 is 0 Å². The van der Waals surface area contributed by atoms with E-state index in [1.54, 1.807) is 11.0 Å². The van der Waals surface area contributed by atoms with Gasteiger partial charge in [0.05, 0.1) is 6.61 Å². The van der Waals surface area contributed by atoms with Gasteiger partial charge in [-0.15, -0.1) is 0 Å². The van der Waals surface area contributed by atoms with Crippen LogP contribution >= 0.6 is 0 Å². The normalized spacial score (nSPS) is 13.8. The predicted molar refractivity (Wildman–Crippen MR) is 125 cm³/mol. The van der Waals surface area contributed by atoms with Crippen LogP contribution in [0.3, 0.4) is 0 Å². The summed E-state index contributed by atoms with van der Waals surface area (Å²) in [6, 6.07) is 22.0. The molecular formula is C27H26N2O3. The minimum Gasteiger partial charge on any atom is -0.490 e. The number of benzene rings is 3. The SMILES string of the molecule is CCOc1cc(/C=C(\C#N)C(=O)N2CCCC2)ccc1OCc1ccc2ccccc2c1. The number of fused-ring (bicyclic) bond motifs is 1. The highest BCUT2D eigenvalue weighted by molar-refractivity contribution is 6.01. The zero-order chi connectivity index (χ0) is 22.3. The lowest BCUT2D eigenvalue weighted by atomic mass is 10.1. The van der Waals surface area contributed by atoms with E-state index in [9.17, 15) is 10.1 Å². The average Bonchev–Trinajstić information content (AvgIpc) is 3.37.